The average Bonchev–Trinajstić information content (AvgIpc) is 2.95. The van der Waals surface area contributed by atoms with Gasteiger partial charge in [-0.15, -0.1) is 11.3 Å². The van der Waals surface area contributed by atoms with Crippen molar-refractivity contribution in [3.63, 3.8) is 0 Å². The van der Waals surface area contributed by atoms with Crippen molar-refractivity contribution in [1.82, 2.24) is 10.3 Å². The van der Waals surface area contributed by atoms with Crippen LogP contribution in [0.3, 0.4) is 0 Å². The van der Waals surface area contributed by atoms with Crippen molar-refractivity contribution in [2.24, 2.45) is 0 Å². The Labute approximate surface area is 135 Å². The van der Waals surface area contributed by atoms with Gasteiger partial charge in [-0.3, -0.25) is 4.79 Å². The lowest BCUT2D eigenvalue weighted by Gasteiger charge is -2.14. The average molecular weight is 371 g/mol. The zero-order chi connectivity index (χ0) is 15.2. The first kappa shape index (κ1) is 15.9. The van der Waals surface area contributed by atoms with Gasteiger partial charge in [0.1, 0.15) is 10.8 Å². The van der Waals surface area contributed by atoms with E-state index in [2.05, 4.69) is 26.2 Å². The van der Waals surface area contributed by atoms with E-state index >= 15 is 0 Å². The highest BCUT2D eigenvalue weighted by Gasteiger charge is 2.14. The van der Waals surface area contributed by atoms with Gasteiger partial charge in [0.15, 0.2) is 6.10 Å². The standard InChI is InChI=1S/C14H15BrN2O3S/c1-9(20-12-4-2-10(15)3-5-12)14(19)16-6-13-17-11(7-18)8-21-13/h2-5,8-9,18H,6-7H2,1H3,(H,16,19)/t9-/m0/s1. The van der Waals surface area contributed by atoms with Gasteiger partial charge in [0.25, 0.3) is 5.91 Å². The molecule has 0 saturated carbocycles. The molecule has 1 aromatic carbocycles. The minimum Gasteiger partial charge on any atom is -0.481 e. The number of aromatic nitrogens is 1. The second-order valence-electron chi connectivity index (χ2n) is 4.32. The molecule has 0 fully saturated rings. The lowest BCUT2D eigenvalue weighted by Crippen LogP contribution is -2.35. The molecule has 0 bridgehead atoms. The topological polar surface area (TPSA) is 71.5 Å². The Balaban J connectivity index is 1.83. The maximum Gasteiger partial charge on any atom is 0.261 e. The molecule has 0 aliphatic heterocycles. The van der Waals surface area contributed by atoms with Crippen LogP contribution in [0.5, 0.6) is 5.75 Å². The van der Waals surface area contributed by atoms with E-state index in [1.807, 2.05) is 12.1 Å². The van der Waals surface area contributed by atoms with Gasteiger partial charge in [0.05, 0.1) is 18.8 Å². The van der Waals surface area contributed by atoms with E-state index < -0.39 is 6.10 Å². The first-order valence-corrected chi connectivity index (χ1v) is 8.00. The summed E-state index contributed by atoms with van der Waals surface area (Å²) in [4.78, 5) is 16.1. The molecule has 5 nitrogen and oxygen atoms in total. The Morgan fingerprint density at radius 3 is 2.81 bits per heavy atom. The molecule has 21 heavy (non-hydrogen) atoms. The van der Waals surface area contributed by atoms with Crippen LogP contribution in [-0.2, 0) is 17.9 Å². The van der Waals surface area contributed by atoms with Crippen molar-refractivity contribution in [2.75, 3.05) is 0 Å². The van der Waals surface area contributed by atoms with Crippen molar-refractivity contribution in [2.45, 2.75) is 26.2 Å². The second kappa shape index (κ2) is 7.53. The summed E-state index contributed by atoms with van der Waals surface area (Å²) in [5.41, 5.74) is 0.614. The molecule has 1 heterocycles. The third-order valence-electron chi connectivity index (χ3n) is 2.67. The van der Waals surface area contributed by atoms with Gasteiger partial charge in [-0.25, -0.2) is 4.98 Å². The molecule has 112 valence electrons. The maximum absolute atomic E-state index is 11.9. The van der Waals surface area contributed by atoms with E-state index in [-0.39, 0.29) is 12.5 Å². The van der Waals surface area contributed by atoms with Crippen LogP contribution >= 0.6 is 27.3 Å². The van der Waals surface area contributed by atoms with Crippen LogP contribution in [0, 0.1) is 0 Å². The number of ether oxygens (including phenoxy) is 1. The van der Waals surface area contributed by atoms with Gasteiger partial charge in [-0.1, -0.05) is 15.9 Å². The largest absolute Gasteiger partial charge is 0.481 e. The molecule has 1 amide bonds. The predicted molar refractivity (Wildman–Crippen MR) is 84.1 cm³/mol. The fraction of sp³-hybridized carbons (Fsp3) is 0.286. The number of hydrogen-bond acceptors (Lipinski definition) is 5. The van der Waals surface area contributed by atoms with E-state index in [4.69, 9.17) is 9.84 Å². The Kier molecular flexibility index (Phi) is 5.72. The molecule has 2 N–H and O–H groups in total. The molecule has 2 rings (SSSR count). The van der Waals surface area contributed by atoms with Gasteiger partial charge in [0, 0.05) is 9.85 Å². The van der Waals surface area contributed by atoms with Crippen LogP contribution in [0.15, 0.2) is 34.1 Å². The number of rotatable bonds is 6. The van der Waals surface area contributed by atoms with Crippen molar-refractivity contribution in [1.29, 1.82) is 0 Å². The Morgan fingerprint density at radius 2 is 2.19 bits per heavy atom. The summed E-state index contributed by atoms with van der Waals surface area (Å²) < 4.78 is 6.51. The fourth-order valence-corrected chi connectivity index (χ4v) is 2.57. The lowest BCUT2D eigenvalue weighted by molar-refractivity contribution is -0.127. The monoisotopic (exact) mass is 370 g/mol. The van der Waals surface area contributed by atoms with Crippen molar-refractivity contribution >= 4 is 33.2 Å². The molecular formula is C14H15BrN2O3S. The molecule has 0 radical (unpaired) electrons. The van der Waals surface area contributed by atoms with Gasteiger partial charge in [-0.2, -0.15) is 0 Å². The molecule has 0 saturated heterocycles. The van der Waals surface area contributed by atoms with Gasteiger partial charge in [-0.05, 0) is 31.2 Å². The van der Waals surface area contributed by atoms with Crippen LogP contribution in [-0.4, -0.2) is 22.1 Å². The number of hydrogen-bond donors (Lipinski definition) is 2. The van der Waals surface area contributed by atoms with Crippen LogP contribution < -0.4 is 10.1 Å². The minimum atomic E-state index is -0.594. The fourth-order valence-electron chi connectivity index (χ4n) is 1.58. The number of carbonyl (C=O) groups is 1. The summed E-state index contributed by atoms with van der Waals surface area (Å²) in [6, 6.07) is 7.29. The summed E-state index contributed by atoms with van der Waals surface area (Å²) in [6.07, 6.45) is -0.594. The molecule has 0 unspecified atom stereocenters. The zero-order valence-corrected chi connectivity index (χ0v) is 13.8. The first-order chi connectivity index (χ1) is 10.1. The number of thiazole rings is 1. The summed E-state index contributed by atoms with van der Waals surface area (Å²) in [7, 11) is 0. The number of aliphatic hydroxyl groups is 1. The van der Waals surface area contributed by atoms with Crippen LogP contribution in [0.4, 0.5) is 0 Å². The summed E-state index contributed by atoms with van der Waals surface area (Å²) in [6.45, 7) is 1.93. The van der Waals surface area contributed by atoms with Gasteiger partial charge < -0.3 is 15.2 Å². The van der Waals surface area contributed by atoms with Crippen molar-refractivity contribution in [3.05, 3.63) is 44.8 Å². The predicted octanol–water partition coefficient (Wildman–Crippen LogP) is 2.48. The van der Waals surface area contributed by atoms with Gasteiger partial charge >= 0.3 is 0 Å². The number of nitrogens with one attached hydrogen (secondary N) is 1. The molecule has 2 aromatic rings. The van der Waals surface area contributed by atoms with E-state index in [0.717, 1.165) is 9.48 Å². The van der Waals surface area contributed by atoms with Crippen LogP contribution in [0.1, 0.15) is 17.6 Å². The smallest absolute Gasteiger partial charge is 0.261 e. The van der Waals surface area contributed by atoms with E-state index in [0.29, 0.717) is 18.0 Å². The lowest BCUT2D eigenvalue weighted by atomic mass is 10.3. The Bertz CT molecular complexity index is 601. The third-order valence-corrected chi connectivity index (χ3v) is 4.10. The number of carbonyl (C=O) groups excluding carboxylic acids is 1. The Morgan fingerprint density at radius 1 is 1.48 bits per heavy atom. The van der Waals surface area contributed by atoms with E-state index in [1.165, 1.54) is 11.3 Å². The van der Waals surface area contributed by atoms with Crippen molar-refractivity contribution in [3.8, 4) is 5.75 Å². The highest BCUT2D eigenvalue weighted by Crippen LogP contribution is 2.17. The summed E-state index contributed by atoms with van der Waals surface area (Å²) >= 11 is 4.74. The molecule has 0 aliphatic rings. The quantitative estimate of drug-likeness (QED) is 0.819. The first-order valence-electron chi connectivity index (χ1n) is 6.32. The number of halogens is 1. The molecule has 7 heteroatoms. The highest BCUT2D eigenvalue weighted by atomic mass is 79.9. The molecular weight excluding hydrogens is 356 g/mol. The summed E-state index contributed by atoms with van der Waals surface area (Å²) in [5.74, 6) is 0.427. The SMILES string of the molecule is C[C@H](Oc1ccc(Br)cc1)C(=O)NCc1nc(CO)cs1. The molecule has 0 aliphatic carbocycles. The number of amides is 1. The number of benzene rings is 1. The van der Waals surface area contributed by atoms with Crippen molar-refractivity contribution < 1.29 is 14.6 Å². The third kappa shape index (κ3) is 4.80. The summed E-state index contributed by atoms with van der Waals surface area (Å²) in [5, 5.41) is 14.2. The van der Waals surface area contributed by atoms with Crippen LogP contribution in [0.2, 0.25) is 0 Å². The number of nitrogens with zero attached hydrogens (tertiary/aromatic N) is 1. The van der Waals surface area contributed by atoms with E-state index in [9.17, 15) is 4.79 Å². The molecule has 1 aromatic heterocycles. The minimum absolute atomic E-state index is 0.0898. The Hall–Kier alpha value is -1.44. The second-order valence-corrected chi connectivity index (χ2v) is 6.18. The molecule has 1 atom stereocenters. The normalized spacial score (nSPS) is 12.0. The van der Waals surface area contributed by atoms with Gasteiger partial charge in [0.2, 0.25) is 0 Å². The zero-order valence-electron chi connectivity index (χ0n) is 11.4. The maximum atomic E-state index is 11.9. The molecule has 0 spiro atoms. The van der Waals surface area contributed by atoms with Crippen LogP contribution in [0.25, 0.3) is 0 Å². The highest BCUT2D eigenvalue weighted by molar-refractivity contribution is 9.10. The number of aliphatic hydroxyl groups excluding tert-OH is 1. The van der Waals surface area contributed by atoms with E-state index in [1.54, 1.807) is 24.4 Å².